The number of rotatable bonds is 4. The number of carbonyl (C=O) groups is 1. The lowest BCUT2D eigenvalue weighted by atomic mass is 9.94. The minimum absolute atomic E-state index is 0.192. The summed E-state index contributed by atoms with van der Waals surface area (Å²) < 4.78 is 5.21. The Labute approximate surface area is 332 Å². The fraction of sp³-hybridized carbons (Fsp3) is 0.978. The fourth-order valence-corrected chi connectivity index (χ4v) is 3.03. The summed E-state index contributed by atoms with van der Waals surface area (Å²) in [7, 11) is 10.2. The monoisotopic (exact) mass is 748 g/mol. The van der Waals surface area contributed by atoms with Gasteiger partial charge in [0.2, 0.25) is 0 Å². The summed E-state index contributed by atoms with van der Waals surface area (Å²) in [5.74, 6) is 0. The molecule has 0 aromatic rings. The summed E-state index contributed by atoms with van der Waals surface area (Å²) in [6.07, 6.45) is 0.993. The summed E-state index contributed by atoms with van der Waals surface area (Å²) in [4.78, 5) is 22.4. The molecule has 0 aromatic heterocycles. The molecule has 0 bridgehead atoms. The van der Waals surface area contributed by atoms with Crippen molar-refractivity contribution < 1.29 is 9.53 Å². The average Bonchev–Trinajstić information content (AvgIpc) is 2.89. The summed E-state index contributed by atoms with van der Waals surface area (Å²) in [6.45, 7) is 61.5. The van der Waals surface area contributed by atoms with Crippen molar-refractivity contribution >= 4 is 6.09 Å². The van der Waals surface area contributed by atoms with Crippen molar-refractivity contribution in [1.82, 2.24) is 24.5 Å². The normalized spacial score (nSPS) is 12.7. The Morgan fingerprint density at radius 2 is 0.808 bits per heavy atom. The molecule has 0 aromatic carbocycles. The van der Waals surface area contributed by atoms with Crippen LogP contribution in [-0.2, 0) is 4.74 Å². The molecule has 0 atom stereocenters. The van der Waals surface area contributed by atoms with Crippen LogP contribution < -0.4 is 0 Å². The van der Waals surface area contributed by atoms with E-state index in [1.165, 1.54) is 6.42 Å². The van der Waals surface area contributed by atoms with Crippen molar-refractivity contribution in [3.63, 3.8) is 0 Å². The molecule has 322 valence electrons. The van der Waals surface area contributed by atoms with E-state index in [1.807, 2.05) is 41.5 Å². The fourth-order valence-electron chi connectivity index (χ4n) is 3.03. The Balaban J connectivity index is -0.000000124. The Kier molecular flexibility index (Phi) is 32.5. The maximum Gasteiger partial charge on any atom is 0.410 e. The summed E-state index contributed by atoms with van der Waals surface area (Å²) in [6, 6.07) is 0.644. The minimum Gasteiger partial charge on any atom is -0.444 e. The second-order valence-electron chi connectivity index (χ2n) is 21.6. The molecule has 0 aliphatic carbocycles. The number of carbonyl (C=O) groups excluding carboxylic acids is 1. The highest BCUT2D eigenvalue weighted by Crippen LogP contribution is 2.17. The van der Waals surface area contributed by atoms with Crippen LogP contribution in [0, 0.1) is 5.41 Å². The summed E-state index contributed by atoms with van der Waals surface area (Å²) in [5.41, 5.74) is 1.27. The van der Waals surface area contributed by atoms with E-state index in [9.17, 15) is 4.79 Å². The van der Waals surface area contributed by atoms with E-state index < -0.39 is 5.60 Å². The smallest absolute Gasteiger partial charge is 0.410 e. The highest BCUT2D eigenvalue weighted by Gasteiger charge is 2.27. The van der Waals surface area contributed by atoms with E-state index in [0.29, 0.717) is 33.6 Å². The van der Waals surface area contributed by atoms with Gasteiger partial charge in [-0.25, -0.2) is 4.79 Å². The molecule has 7 nitrogen and oxygen atoms in total. The van der Waals surface area contributed by atoms with Gasteiger partial charge in [-0.1, -0.05) is 54.9 Å². The molecule has 0 saturated carbocycles. The standard InChI is InChI=1S/C10H21NO2.2C8H19N.C7H17N.C6H15N.C6H14/c1-9(2,3)11(7)8(12)13-10(4,5)6;1-7(2)9(6)8(3,4)5;1-6-9(7-2)8(3,4)5;1-6-8(5)7(2,3)4;1-6(2,3)7(4)5;1-5-6(2,3)4/h1-7H3;7H,1-6H3;6-7H2,1-5H3;6H2,1-5H3;1-5H3;5H2,1-4H3. The molecule has 0 aliphatic heterocycles. The Morgan fingerprint density at radius 3 is 0.865 bits per heavy atom. The maximum absolute atomic E-state index is 11.5. The second-order valence-corrected chi connectivity index (χ2v) is 21.6. The van der Waals surface area contributed by atoms with Crippen molar-refractivity contribution in [2.75, 3.05) is 54.9 Å². The largest absolute Gasteiger partial charge is 0.444 e. The number of amides is 1. The van der Waals surface area contributed by atoms with Gasteiger partial charge in [0.15, 0.2) is 0 Å². The van der Waals surface area contributed by atoms with Crippen molar-refractivity contribution in [3.8, 4) is 0 Å². The lowest BCUT2D eigenvalue weighted by Crippen LogP contribution is -2.45. The van der Waals surface area contributed by atoms with Gasteiger partial charge in [0.05, 0.1) is 0 Å². The third-order valence-corrected chi connectivity index (χ3v) is 9.24. The third-order valence-electron chi connectivity index (χ3n) is 9.24. The van der Waals surface area contributed by atoms with E-state index in [0.717, 1.165) is 19.6 Å². The first kappa shape index (κ1) is 63.1. The van der Waals surface area contributed by atoms with Crippen LogP contribution in [0.15, 0.2) is 0 Å². The molecule has 1 amide bonds. The molecule has 0 unspecified atom stereocenters. The van der Waals surface area contributed by atoms with Crippen molar-refractivity contribution in [3.05, 3.63) is 0 Å². The van der Waals surface area contributed by atoms with Gasteiger partial charge in [-0.2, -0.15) is 0 Å². The van der Waals surface area contributed by atoms with Crippen molar-refractivity contribution in [1.29, 1.82) is 0 Å². The van der Waals surface area contributed by atoms with Gasteiger partial charge >= 0.3 is 6.09 Å². The van der Waals surface area contributed by atoms with Gasteiger partial charge in [0.25, 0.3) is 0 Å². The van der Waals surface area contributed by atoms with E-state index in [4.69, 9.17) is 4.74 Å². The molecule has 0 heterocycles. The zero-order chi connectivity index (χ0) is 44.1. The first-order valence-electron chi connectivity index (χ1n) is 20.2. The molecule has 7 heteroatoms. The average molecular weight is 748 g/mol. The number of hydrogen-bond acceptors (Lipinski definition) is 6. The Morgan fingerprint density at radius 1 is 0.500 bits per heavy atom. The van der Waals surface area contributed by atoms with Gasteiger partial charge in [-0.3, -0.25) is 9.80 Å². The molecule has 52 heavy (non-hydrogen) atoms. The van der Waals surface area contributed by atoms with Crippen LogP contribution in [0.1, 0.15) is 193 Å². The second kappa shape index (κ2) is 26.8. The van der Waals surface area contributed by atoms with Crippen molar-refractivity contribution in [2.45, 2.75) is 233 Å². The van der Waals surface area contributed by atoms with Crippen LogP contribution >= 0.6 is 0 Å². The molecule has 0 spiro atoms. The van der Waals surface area contributed by atoms with Crippen LogP contribution in [-0.4, -0.2) is 125 Å². The molecular weight excluding hydrogens is 643 g/mol. The molecule has 0 radical (unpaired) electrons. The Bertz CT molecular complexity index is 818. The molecule has 0 aliphatic rings. The van der Waals surface area contributed by atoms with E-state index in [-0.39, 0.29) is 11.6 Å². The zero-order valence-corrected chi connectivity index (χ0v) is 42.5. The molecule has 0 N–H and O–H groups in total. The molecule has 0 rings (SSSR count). The topological polar surface area (TPSA) is 42.5 Å². The van der Waals surface area contributed by atoms with Gasteiger partial charge < -0.3 is 19.4 Å². The minimum atomic E-state index is -0.420. The van der Waals surface area contributed by atoms with Crippen LogP contribution in [0.5, 0.6) is 0 Å². The summed E-state index contributed by atoms with van der Waals surface area (Å²) in [5, 5.41) is 0. The predicted molar refractivity (Wildman–Crippen MR) is 240 cm³/mol. The van der Waals surface area contributed by atoms with E-state index in [2.05, 4.69) is 193 Å². The van der Waals surface area contributed by atoms with Crippen LogP contribution in [0.3, 0.4) is 0 Å². The number of nitrogens with zero attached hydrogens (tertiary/aromatic N) is 5. The van der Waals surface area contributed by atoms with Crippen LogP contribution in [0.25, 0.3) is 0 Å². The predicted octanol–water partition coefficient (Wildman–Crippen LogP) is 12.4. The van der Waals surface area contributed by atoms with Gasteiger partial charge in [0.1, 0.15) is 5.60 Å². The quantitative estimate of drug-likeness (QED) is 0.285. The lowest BCUT2D eigenvalue weighted by molar-refractivity contribution is 0.0139. The molecular formula is C45H105N5O2. The van der Waals surface area contributed by atoms with Crippen LogP contribution in [0.2, 0.25) is 0 Å². The first-order chi connectivity index (χ1) is 22.4. The summed E-state index contributed by atoms with van der Waals surface area (Å²) >= 11 is 0. The van der Waals surface area contributed by atoms with Crippen LogP contribution in [0.4, 0.5) is 4.79 Å². The van der Waals surface area contributed by atoms with Gasteiger partial charge in [-0.15, -0.1) is 0 Å². The first-order valence-corrected chi connectivity index (χ1v) is 20.2. The third kappa shape index (κ3) is 43.5. The van der Waals surface area contributed by atoms with E-state index >= 15 is 0 Å². The van der Waals surface area contributed by atoms with Gasteiger partial charge in [-0.05, 0) is 192 Å². The van der Waals surface area contributed by atoms with Gasteiger partial charge in [0, 0.05) is 40.8 Å². The molecule has 0 fully saturated rings. The van der Waals surface area contributed by atoms with E-state index in [1.54, 1.807) is 11.9 Å². The highest BCUT2D eigenvalue weighted by molar-refractivity contribution is 5.68. The number of hydrogen-bond donors (Lipinski definition) is 0. The Hall–Kier alpha value is -0.890. The van der Waals surface area contributed by atoms with Crippen molar-refractivity contribution in [2.24, 2.45) is 5.41 Å². The lowest BCUT2D eigenvalue weighted by Gasteiger charge is -2.35. The molecule has 0 saturated heterocycles. The maximum atomic E-state index is 11.5. The highest BCUT2D eigenvalue weighted by atomic mass is 16.6. The number of ether oxygens (including phenoxy) is 1. The zero-order valence-electron chi connectivity index (χ0n) is 42.5. The SMILES string of the molecule is CC(C)N(C)C(C)(C)C.CCC(C)(C)C.CCN(C)C(C)(C)C.CCN(CC)C(C)(C)C.CN(C(=O)OC(C)(C)C)C(C)(C)C.CN(C)C(C)(C)C.